The first-order valence-electron chi connectivity index (χ1n) is 25.1. The summed E-state index contributed by atoms with van der Waals surface area (Å²) in [7, 11) is 9.78. The van der Waals surface area contributed by atoms with Crippen molar-refractivity contribution in [3.63, 3.8) is 0 Å². The number of benzene rings is 4. The van der Waals surface area contributed by atoms with Gasteiger partial charge in [-0.3, -0.25) is 0 Å². The fourth-order valence-corrected chi connectivity index (χ4v) is 8.25. The zero-order valence-electron chi connectivity index (χ0n) is 46.8. The van der Waals surface area contributed by atoms with Gasteiger partial charge in [0.2, 0.25) is 0 Å². The molecule has 0 spiro atoms. The monoisotopic (exact) mass is 1130 g/mol. The molecular formula is C62H92Cl2O8Ti2-2. The minimum atomic E-state index is -0.879. The molecule has 0 amide bonds. The summed E-state index contributed by atoms with van der Waals surface area (Å²) in [6.45, 7) is 11.3. The van der Waals surface area contributed by atoms with Crippen LogP contribution in [0.4, 0.5) is 0 Å². The van der Waals surface area contributed by atoms with Crippen molar-refractivity contribution >= 4 is 42.5 Å². The number of esters is 2. The van der Waals surface area contributed by atoms with Gasteiger partial charge in [0.25, 0.3) is 0 Å². The van der Waals surface area contributed by atoms with Crippen molar-refractivity contribution in [1.82, 2.24) is 0 Å². The average Bonchev–Trinajstić information content (AvgIpc) is 4.19. The van der Waals surface area contributed by atoms with Crippen LogP contribution in [-0.4, -0.2) is 45.3 Å². The van der Waals surface area contributed by atoms with Crippen molar-refractivity contribution in [1.29, 1.82) is 0 Å². The Morgan fingerprint density at radius 2 is 0.662 bits per heavy atom. The zero-order chi connectivity index (χ0) is 50.9. The molecular weight excluding hydrogens is 1040 g/mol. The normalized spacial score (nSPS) is 14.1. The van der Waals surface area contributed by atoms with E-state index in [1.165, 1.54) is 127 Å². The molecule has 412 valence electrons. The molecule has 0 heterocycles. The van der Waals surface area contributed by atoms with Crippen molar-refractivity contribution in [2.75, 3.05) is 0 Å². The van der Waals surface area contributed by atoms with Gasteiger partial charge in [0, 0.05) is 0 Å². The van der Waals surface area contributed by atoms with E-state index in [1.54, 1.807) is 60.7 Å². The van der Waals surface area contributed by atoms with E-state index in [0.717, 1.165) is 24.7 Å². The summed E-state index contributed by atoms with van der Waals surface area (Å²) in [4.78, 5) is 44.2. The van der Waals surface area contributed by atoms with Crippen LogP contribution >= 0.6 is 18.6 Å². The Labute approximate surface area is 481 Å². The Morgan fingerprint density at radius 3 is 0.851 bits per heavy atom. The second kappa shape index (κ2) is 44.9. The van der Waals surface area contributed by atoms with Crippen LogP contribution in [0.1, 0.15) is 210 Å². The molecule has 0 saturated heterocycles. The maximum atomic E-state index is 11.9. The molecule has 0 atom stereocenters. The number of carbonyl (C=O) groups is 4. The number of rotatable bonds is 8. The SMILES string of the molecule is C1CCCC1.C1CCCC1.CC(C)(C)OC(=O)c1ccc(CC2CCCC2)cc1.CC(C)(C)OC(=O)c1ccc(CC2CCCC2)cc1.O=C(O)c1ccccc1.O=C(O)c1ccccc1.[CH3-].[CH3-].[CH3-].[CH3-].[Cl][Ti][Cl].[Ti+2]. The van der Waals surface area contributed by atoms with E-state index in [0.29, 0.717) is 22.3 Å². The van der Waals surface area contributed by atoms with Gasteiger partial charge in [-0.25, -0.2) is 19.2 Å². The number of carboxylic acids is 2. The van der Waals surface area contributed by atoms with Crippen molar-refractivity contribution < 1.29 is 77.6 Å². The second-order valence-corrected chi connectivity index (χ2v) is 22.6. The summed E-state index contributed by atoms with van der Waals surface area (Å²) in [6.07, 6.45) is 28.2. The Hall–Kier alpha value is -3.23. The molecule has 74 heavy (non-hydrogen) atoms. The molecule has 4 aliphatic rings. The van der Waals surface area contributed by atoms with Crippen LogP contribution < -0.4 is 0 Å². The van der Waals surface area contributed by atoms with Crippen molar-refractivity contribution in [3.8, 4) is 0 Å². The third-order valence-corrected chi connectivity index (χ3v) is 11.7. The number of carbonyl (C=O) groups excluding carboxylic acids is 2. The van der Waals surface area contributed by atoms with E-state index in [4.69, 9.17) is 38.3 Å². The molecule has 0 aliphatic heterocycles. The molecule has 4 aromatic carbocycles. The molecule has 0 bridgehead atoms. The number of halogens is 2. The third-order valence-electron chi connectivity index (χ3n) is 11.7. The van der Waals surface area contributed by atoms with E-state index in [1.807, 2.05) is 65.8 Å². The minimum absolute atomic E-state index is 0. The Kier molecular flexibility index (Phi) is 46.8. The smallest absolute Gasteiger partial charge is 2.00 e. The Bertz CT molecular complexity index is 1820. The molecule has 4 fully saturated rings. The molecule has 0 radical (unpaired) electrons. The maximum absolute atomic E-state index is 11.9. The topological polar surface area (TPSA) is 127 Å². The number of hydrogen-bond donors (Lipinski definition) is 2. The van der Waals surface area contributed by atoms with Gasteiger partial charge in [0.15, 0.2) is 0 Å². The van der Waals surface area contributed by atoms with Gasteiger partial charge >= 0.3 is 81.2 Å². The summed E-state index contributed by atoms with van der Waals surface area (Å²) in [6, 6.07) is 32.4. The van der Waals surface area contributed by atoms with Gasteiger partial charge in [0.1, 0.15) is 11.2 Å². The summed E-state index contributed by atoms with van der Waals surface area (Å²) in [5.41, 5.74) is 3.75. The first kappa shape index (κ1) is 77.3. The Morgan fingerprint density at radius 1 is 0.432 bits per heavy atom. The van der Waals surface area contributed by atoms with Crippen LogP contribution in [0.25, 0.3) is 0 Å². The van der Waals surface area contributed by atoms with Crippen LogP contribution in [-0.2, 0) is 61.1 Å². The molecule has 12 heteroatoms. The van der Waals surface area contributed by atoms with Gasteiger partial charge in [-0.05, 0) is 126 Å². The molecule has 4 aliphatic carbocycles. The summed E-state index contributed by atoms with van der Waals surface area (Å²) < 4.78 is 10.7. The standard InChI is InChI=1S/2C17H24O2.2C7H6O2.2C5H10.4CH3.2ClH.2Ti/c2*1-17(2,3)19-16(18)15-10-8-14(9-11-15)12-13-6-4-5-7-13;2*8-7(9)6-4-2-1-3-5-6;2*1-2-4-5-3-1;;;;;;;;/h2*8-11,13H,4-7,12H2,1-3H3;2*1-5H,(H,8,9);2*1-5H2;4*1H3;2*1H;;/q;;;;;;4*-1;;;2*+2/p-2. The van der Waals surface area contributed by atoms with E-state index in [9.17, 15) is 19.2 Å². The molecule has 2 N–H and O–H groups in total. The van der Waals surface area contributed by atoms with E-state index in [-0.39, 0.29) is 63.4 Å². The van der Waals surface area contributed by atoms with Gasteiger partial charge < -0.3 is 49.4 Å². The molecule has 8 nitrogen and oxygen atoms in total. The van der Waals surface area contributed by atoms with Crippen molar-refractivity contribution in [2.45, 2.75) is 181 Å². The Balaban J connectivity index is -0.000000412. The van der Waals surface area contributed by atoms with Crippen LogP contribution in [0, 0.1) is 41.5 Å². The van der Waals surface area contributed by atoms with Gasteiger partial charge in [-0.1, -0.05) is 176 Å². The summed E-state index contributed by atoms with van der Waals surface area (Å²) in [5, 5.41) is 16.8. The fourth-order valence-electron chi connectivity index (χ4n) is 8.25. The van der Waals surface area contributed by atoms with Crippen molar-refractivity contribution in [3.05, 3.63) is 172 Å². The quantitative estimate of drug-likeness (QED) is 0.101. The molecule has 0 aromatic heterocycles. The number of ether oxygens (including phenoxy) is 2. The van der Waals surface area contributed by atoms with E-state index >= 15 is 0 Å². The second-order valence-electron chi connectivity index (χ2n) is 20.1. The number of carboxylic acid groups (broad SMARTS) is 2. The van der Waals surface area contributed by atoms with Gasteiger partial charge in [0.05, 0.1) is 22.3 Å². The molecule has 8 rings (SSSR count). The minimum Gasteiger partial charge on any atom is 2.00 e. The zero-order valence-corrected chi connectivity index (χ0v) is 51.4. The van der Waals surface area contributed by atoms with E-state index in [2.05, 4.69) is 24.3 Å². The number of hydrogen-bond acceptors (Lipinski definition) is 6. The molecule has 4 saturated carbocycles. The largest absolute Gasteiger partial charge is 2.00 e. The summed E-state index contributed by atoms with van der Waals surface area (Å²) >= 11 is -0.556. The average molecular weight is 1130 g/mol. The predicted molar refractivity (Wildman–Crippen MR) is 305 cm³/mol. The van der Waals surface area contributed by atoms with Gasteiger partial charge in [-0.2, -0.15) is 0 Å². The molecule has 0 unspecified atom stereocenters. The van der Waals surface area contributed by atoms with Crippen molar-refractivity contribution in [2.24, 2.45) is 11.8 Å². The fraction of sp³-hybridized carbons (Fsp3) is 0.484. The predicted octanol–water partition coefficient (Wildman–Crippen LogP) is 18.6. The first-order chi connectivity index (χ1) is 32.9. The van der Waals surface area contributed by atoms with Crippen LogP contribution in [0.5, 0.6) is 0 Å². The molecule has 4 aromatic rings. The van der Waals surface area contributed by atoms with Gasteiger partial charge in [-0.15, -0.1) is 0 Å². The summed E-state index contributed by atoms with van der Waals surface area (Å²) in [5.74, 6) is -0.550. The maximum Gasteiger partial charge on any atom is 2.00 e. The van der Waals surface area contributed by atoms with E-state index < -0.39 is 40.2 Å². The van der Waals surface area contributed by atoms with Crippen LogP contribution in [0.15, 0.2) is 109 Å². The first-order valence-corrected chi connectivity index (χ1v) is 29.4. The third kappa shape index (κ3) is 38.3. The number of aromatic carboxylic acids is 2. The van der Waals surface area contributed by atoms with Crippen LogP contribution in [0.2, 0.25) is 0 Å². The van der Waals surface area contributed by atoms with Crippen LogP contribution in [0.3, 0.4) is 0 Å².